The molecule has 1 aliphatic carbocycles. The van der Waals surface area contributed by atoms with Crippen LogP contribution < -0.4 is 16.4 Å². The van der Waals surface area contributed by atoms with Crippen LogP contribution in [0.4, 0.5) is 0 Å². The van der Waals surface area contributed by atoms with Crippen LogP contribution in [-0.2, 0) is 14.4 Å². The number of halogens is 1. The summed E-state index contributed by atoms with van der Waals surface area (Å²) >= 11 is 2.18. The third-order valence-corrected chi connectivity index (χ3v) is 6.76. The molecule has 3 fully saturated rings. The van der Waals surface area contributed by atoms with Gasteiger partial charge >= 0.3 is 0 Å². The Bertz CT molecular complexity index is 553. The molecule has 2 aliphatic heterocycles. The van der Waals surface area contributed by atoms with Gasteiger partial charge in [0.25, 0.3) is 0 Å². The van der Waals surface area contributed by atoms with Crippen LogP contribution in [0.2, 0.25) is 0 Å². The molecule has 3 rings (SSSR count). The van der Waals surface area contributed by atoms with Crippen LogP contribution in [0.5, 0.6) is 0 Å². The second-order valence-electron chi connectivity index (χ2n) is 7.46. The Balaban J connectivity index is 1.64. The molecule has 1 saturated carbocycles. The fourth-order valence-electron chi connectivity index (χ4n) is 4.19. The zero-order chi connectivity index (χ0) is 16.9. The third kappa shape index (κ3) is 2.95. The molecule has 8 heteroatoms. The molecule has 2 saturated heterocycles. The van der Waals surface area contributed by atoms with Gasteiger partial charge in [0.1, 0.15) is 12.1 Å². The maximum absolute atomic E-state index is 12.7. The number of carbonyl (C=O) groups excluding carboxylic acids is 3. The number of carbonyl (C=O) groups is 3. The summed E-state index contributed by atoms with van der Waals surface area (Å²) in [5, 5.41) is 5.53. The fraction of sp³-hybridized carbons (Fsp3) is 0.800. The van der Waals surface area contributed by atoms with Crippen molar-refractivity contribution >= 4 is 40.6 Å². The zero-order valence-corrected chi connectivity index (χ0v) is 15.5. The van der Waals surface area contributed by atoms with E-state index in [1.165, 1.54) is 0 Å². The lowest BCUT2D eigenvalue weighted by atomic mass is 9.97. The Labute approximate surface area is 149 Å². The highest BCUT2D eigenvalue weighted by Crippen LogP contribution is 2.65. The molecule has 23 heavy (non-hydrogen) atoms. The topological polar surface area (TPSA) is 105 Å². The van der Waals surface area contributed by atoms with Crippen molar-refractivity contribution in [1.82, 2.24) is 13.7 Å². The summed E-state index contributed by atoms with van der Waals surface area (Å²) in [6.45, 7) is 5.87. The average Bonchev–Trinajstić information content (AvgIpc) is 2.84. The molecule has 7 nitrogen and oxygen atoms in total. The van der Waals surface area contributed by atoms with E-state index in [0.717, 1.165) is 6.54 Å². The highest BCUT2D eigenvalue weighted by molar-refractivity contribution is 14.1. The molecule has 0 bridgehead atoms. The van der Waals surface area contributed by atoms with E-state index < -0.39 is 11.9 Å². The number of amides is 3. The van der Waals surface area contributed by atoms with Gasteiger partial charge in [-0.3, -0.25) is 14.4 Å². The van der Waals surface area contributed by atoms with E-state index in [2.05, 4.69) is 47.3 Å². The van der Waals surface area contributed by atoms with E-state index in [1.807, 2.05) is 3.11 Å². The summed E-state index contributed by atoms with van der Waals surface area (Å²) < 4.78 is 2.02. The molecule has 0 aromatic heterocycles. The lowest BCUT2D eigenvalue weighted by Gasteiger charge is -2.26. The van der Waals surface area contributed by atoms with Crippen molar-refractivity contribution in [1.29, 1.82) is 0 Å². The Kier molecular flexibility index (Phi) is 4.33. The lowest BCUT2D eigenvalue weighted by Crippen LogP contribution is -2.52. The fourth-order valence-corrected chi connectivity index (χ4v) is 5.21. The van der Waals surface area contributed by atoms with Gasteiger partial charge in [-0.15, -0.1) is 0 Å². The van der Waals surface area contributed by atoms with Gasteiger partial charge in [-0.1, -0.05) is 13.8 Å². The summed E-state index contributed by atoms with van der Waals surface area (Å²) in [4.78, 5) is 36.1. The minimum atomic E-state index is -0.790. The largest absolute Gasteiger partial charge is 0.368 e. The monoisotopic (exact) mass is 434 g/mol. The first-order valence-corrected chi connectivity index (χ1v) is 8.99. The van der Waals surface area contributed by atoms with Crippen LogP contribution in [0.3, 0.4) is 0 Å². The van der Waals surface area contributed by atoms with Gasteiger partial charge in [0.05, 0.1) is 0 Å². The Morgan fingerprint density at radius 3 is 2.74 bits per heavy atom. The number of hydrogen-bond acceptors (Lipinski definition) is 4. The first kappa shape index (κ1) is 16.9. The van der Waals surface area contributed by atoms with Crippen LogP contribution in [0, 0.1) is 23.2 Å². The van der Waals surface area contributed by atoms with E-state index in [-0.39, 0.29) is 35.6 Å². The molecule has 0 radical (unpaired) electrons. The summed E-state index contributed by atoms with van der Waals surface area (Å²) in [5.74, 6) is -0.199. The predicted octanol–water partition coefficient (Wildman–Crippen LogP) is -0.211. The van der Waals surface area contributed by atoms with Crippen molar-refractivity contribution < 1.29 is 14.4 Å². The van der Waals surface area contributed by atoms with Crippen LogP contribution >= 0.6 is 22.9 Å². The normalized spacial score (nSPS) is 36.2. The van der Waals surface area contributed by atoms with E-state index in [0.29, 0.717) is 24.8 Å². The van der Waals surface area contributed by atoms with Gasteiger partial charge < -0.3 is 16.4 Å². The van der Waals surface area contributed by atoms with Crippen LogP contribution in [-0.4, -0.2) is 46.0 Å². The van der Waals surface area contributed by atoms with Gasteiger partial charge in [-0.25, -0.2) is 3.11 Å². The van der Waals surface area contributed by atoms with Crippen molar-refractivity contribution in [3.05, 3.63) is 0 Å². The van der Waals surface area contributed by atoms with Gasteiger partial charge in [-0.2, -0.15) is 0 Å². The zero-order valence-electron chi connectivity index (χ0n) is 13.3. The van der Waals surface area contributed by atoms with Crippen molar-refractivity contribution in [3.63, 3.8) is 0 Å². The second kappa shape index (κ2) is 5.87. The van der Waals surface area contributed by atoms with Gasteiger partial charge in [0, 0.05) is 41.9 Å². The third-order valence-electron chi connectivity index (χ3n) is 5.76. The van der Waals surface area contributed by atoms with Crippen molar-refractivity contribution in [2.24, 2.45) is 28.9 Å². The quantitative estimate of drug-likeness (QED) is 0.412. The predicted molar refractivity (Wildman–Crippen MR) is 92.1 cm³/mol. The van der Waals surface area contributed by atoms with E-state index in [1.54, 1.807) is 0 Å². The molecule has 0 aromatic carbocycles. The summed E-state index contributed by atoms with van der Waals surface area (Å²) in [7, 11) is 0. The van der Waals surface area contributed by atoms with E-state index in [9.17, 15) is 14.4 Å². The van der Waals surface area contributed by atoms with Crippen LogP contribution in [0.25, 0.3) is 0 Å². The molecule has 0 unspecified atom stereocenters. The maximum atomic E-state index is 12.7. The number of fused-ring (bicyclic) bond motifs is 1. The second-order valence-corrected chi connectivity index (χ2v) is 8.70. The minimum absolute atomic E-state index is 0.0646. The molecule has 3 amide bonds. The Morgan fingerprint density at radius 1 is 1.52 bits per heavy atom. The van der Waals surface area contributed by atoms with Crippen molar-refractivity contribution in [2.45, 2.75) is 38.8 Å². The molecule has 128 valence electrons. The first-order valence-electron chi connectivity index (χ1n) is 8.03. The van der Waals surface area contributed by atoms with Crippen LogP contribution in [0.15, 0.2) is 0 Å². The Morgan fingerprint density at radius 2 is 2.22 bits per heavy atom. The number of primary amides is 1. The number of piperidine rings is 1. The van der Waals surface area contributed by atoms with E-state index >= 15 is 0 Å². The lowest BCUT2D eigenvalue weighted by molar-refractivity contribution is -0.131. The smallest absolute Gasteiger partial charge is 0.240 e. The SMILES string of the molecule is CC1(C)[C@@H]2[C@@H](C(=O)N[C@@H](C[C@@H]3CCNC3=O)C(N)=O)N(I)C[C@@H]21. The number of nitrogens with zero attached hydrogens (tertiary/aromatic N) is 1. The summed E-state index contributed by atoms with van der Waals surface area (Å²) in [6.07, 6.45) is 0.955. The molecule has 4 N–H and O–H groups in total. The maximum Gasteiger partial charge on any atom is 0.240 e. The number of hydrogen-bond donors (Lipinski definition) is 3. The summed E-state index contributed by atoms with van der Waals surface area (Å²) in [5.41, 5.74) is 5.62. The number of nitrogens with one attached hydrogen (secondary N) is 2. The molecular formula is C15H23IN4O3. The molecule has 3 aliphatic rings. The van der Waals surface area contributed by atoms with Gasteiger partial charge in [0.15, 0.2) is 0 Å². The number of nitrogens with two attached hydrogens (primary N) is 1. The van der Waals surface area contributed by atoms with Gasteiger partial charge in [0.2, 0.25) is 17.7 Å². The minimum Gasteiger partial charge on any atom is -0.368 e. The first-order chi connectivity index (χ1) is 10.7. The highest BCUT2D eigenvalue weighted by atomic mass is 127. The highest BCUT2D eigenvalue weighted by Gasteiger charge is 2.68. The van der Waals surface area contributed by atoms with Crippen molar-refractivity contribution in [2.75, 3.05) is 13.1 Å². The van der Waals surface area contributed by atoms with Crippen molar-refractivity contribution in [3.8, 4) is 0 Å². The molecule has 5 atom stereocenters. The molecule has 0 aromatic rings. The molecule has 0 spiro atoms. The summed E-state index contributed by atoms with van der Waals surface area (Å²) in [6, 6.07) is -1.02. The van der Waals surface area contributed by atoms with E-state index in [4.69, 9.17) is 5.73 Å². The standard InChI is InChI=1S/C15H23IN4O3/c1-15(2)8-6-20(16)11(10(8)15)14(23)19-9(12(17)21)5-7-3-4-18-13(7)22/h7-11H,3-6H2,1-2H3,(H2,17,21)(H,18,22)(H,19,23)/t7-,8-,9-,10-,11-/m0/s1. The van der Waals surface area contributed by atoms with Gasteiger partial charge in [-0.05, 0) is 30.1 Å². The molecule has 2 heterocycles. The Hall–Kier alpha value is -0.900. The average molecular weight is 434 g/mol. The van der Waals surface area contributed by atoms with Crippen LogP contribution in [0.1, 0.15) is 26.7 Å². The molecular weight excluding hydrogens is 411 g/mol. The number of rotatable bonds is 5.